The quantitative estimate of drug-likeness (QED) is 0.0440. The molecular formula is C45H44O28. The Bertz CT molecular complexity index is 2250. The molecule has 0 fully saturated rings. The Labute approximate surface area is 412 Å². The lowest BCUT2D eigenvalue weighted by molar-refractivity contribution is -0.223. The molecule has 0 aromatic heterocycles. The monoisotopic (exact) mass is 1030 g/mol. The lowest BCUT2D eigenvalue weighted by Gasteiger charge is -2.30. The molecule has 4 aromatic rings. The van der Waals surface area contributed by atoms with Gasteiger partial charge in [0.05, 0.1) is 56.9 Å². The van der Waals surface area contributed by atoms with E-state index in [0.29, 0.717) is 0 Å². The highest BCUT2D eigenvalue weighted by atomic mass is 17.3. The molecule has 0 bridgehead atoms. The first-order valence-electron chi connectivity index (χ1n) is 20.2. The standard InChI is InChI=1S/C45H44O28/c1-54-29-17-9-13-25(33(29)58-5)37(46)66-70-41(50)62-21-45(22-63-42(51)71-67-38(47)26-14-10-18-30(55-2)34(26)59-6,23-64-43(52)72-68-39(48)27-15-11-19-31(56-3)35(27)60-7)24-65-44(53)73-69-40(49)28-16-12-20-32(57-4)36(28)61-8/h9-20H,21-24H2,1-8H3. The zero-order valence-electron chi connectivity index (χ0n) is 39.7. The third kappa shape index (κ3) is 15.1. The minimum atomic E-state index is -2.39. The van der Waals surface area contributed by atoms with Gasteiger partial charge in [0.1, 0.15) is 54.1 Å². The number of methoxy groups -OCH3 is 8. The number of para-hydroxylation sites is 4. The van der Waals surface area contributed by atoms with Crippen LogP contribution in [0, 0.1) is 5.41 Å². The first-order chi connectivity index (χ1) is 35.1. The number of ether oxygens (including phenoxy) is 12. The highest BCUT2D eigenvalue weighted by Gasteiger charge is 2.40. The van der Waals surface area contributed by atoms with Crippen molar-refractivity contribution < 1.29 is 134 Å². The van der Waals surface area contributed by atoms with E-state index in [-0.39, 0.29) is 68.2 Å². The number of rotatable bonds is 20. The largest absolute Gasteiger partial charge is 0.549 e. The first kappa shape index (κ1) is 55.8. The molecule has 0 unspecified atom stereocenters. The lowest BCUT2D eigenvalue weighted by atomic mass is 9.92. The van der Waals surface area contributed by atoms with Crippen molar-refractivity contribution in [2.24, 2.45) is 5.41 Å². The predicted octanol–water partition coefficient (Wildman–Crippen LogP) is 5.74. The summed E-state index contributed by atoms with van der Waals surface area (Å²) in [5.41, 5.74) is -3.52. The summed E-state index contributed by atoms with van der Waals surface area (Å²) in [7, 11) is 9.99. The van der Waals surface area contributed by atoms with E-state index < -0.39 is 80.3 Å². The van der Waals surface area contributed by atoms with Crippen molar-refractivity contribution >= 4 is 48.5 Å². The zero-order valence-corrected chi connectivity index (χ0v) is 39.7. The fraction of sp³-hybridized carbons (Fsp3) is 0.289. The topological polar surface area (TPSA) is 321 Å². The van der Waals surface area contributed by atoms with Crippen molar-refractivity contribution in [3.05, 3.63) is 95.1 Å². The van der Waals surface area contributed by atoms with Crippen LogP contribution in [0.1, 0.15) is 41.4 Å². The van der Waals surface area contributed by atoms with Gasteiger partial charge in [-0.2, -0.15) is 19.2 Å². The molecule has 0 spiro atoms. The second-order valence-corrected chi connectivity index (χ2v) is 13.6. The summed E-state index contributed by atoms with van der Waals surface area (Å²) in [6, 6.07) is 16.2. The molecule has 0 saturated carbocycles. The van der Waals surface area contributed by atoms with Crippen LogP contribution in [0.25, 0.3) is 0 Å². The van der Waals surface area contributed by atoms with Crippen LogP contribution < -0.4 is 37.9 Å². The molecule has 0 aliphatic carbocycles. The van der Waals surface area contributed by atoms with Gasteiger partial charge >= 0.3 is 48.5 Å². The van der Waals surface area contributed by atoms with Gasteiger partial charge in [-0.25, -0.2) is 58.3 Å². The van der Waals surface area contributed by atoms with E-state index in [4.69, 9.17) is 56.8 Å². The average molecular weight is 1030 g/mol. The minimum Gasteiger partial charge on any atom is -0.493 e. The van der Waals surface area contributed by atoms with Gasteiger partial charge < -0.3 is 56.8 Å². The number of benzene rings is 4. The van der Waals surface area contributed by atoms with Crippen LogP contribution in [0.15, 0.2) is 72.8 Å². The van der Waals surface area contributed by atoms with Gasteiger partial charge in [-0.1, -0.05) is 24.3 Å². The van der Waals surface area contributed by atoms with Crippen LogP contribution in [0.3, 0.4) is 0 Å². The van der Waals surface area contributed by atoms with Gasteiger partial charge in [0, 0.05) is 0 Å². The molecule has 28 heteroatoms. The molecule has 73 heavy (non-hydrogen) atoms. The molecule has 4 rings (SSSR count). The second-order valence-electron chi connectivity index (χ2n) is 13.6. The Hall–Kier alpha value is -9.76. The van der Waals surface area contributed by atoms with Gasteiger partial charge in [-0.15, -0.1) is 0 Å². The Morgan fingerprint density at radius 2 is 0.507 bits per heavy atom. The summed E-state index contributed by atoms with van der Waals surface area (Å²) in [4.78, 5) is 140. The maximum absolute atomic E-state index is 12.9. The second kappa shape index (κ2) is 27.4. The SMILES string of the molecule is COc1cccc(C(=O)OOC(=O)OCC(COC(=O)OOC(=O)c2cccc(OC)c2OC)(COC(=O)OOC(=O)c2cccc(OC)c2OC)COC(=O)OOC(=O)c2cccc(OC)c2OC)c1OC. The number of carbonyl (C=O) groups is 8. The summed E-state index contributed by atoms with van der Waals surface area (Å²) in [5.74, 6) is -5.27. The summed E-state index contributed by atoms with van der Waals surface area (Å²) in [5, 5.41) is 0. The summed E-state index contributed by atoms with van der Waals surface area (Å²) in [6.45, 7) is -4.88. The predicted molar refractivity (Wildman–Crippen MR) is 232 cm³/mol. The van der Waals surface area contributed by atoms with E-state index in [1.54, 1.807) is 0 Å². The molecule has 0 N–H and O–H groups in total. The van der Waals surface area contributed by atoms with E-state index in [9.17, 15) is 38.4 Å². The van der Waals surface area contributed by atoms with Gasteiger partial charge in [-0.3, -0.25) is 0 Å². The third-order valence-electron chi connectivity index (χ3n) is 9.22. The smallest absolute Gasteiger partial charge is 0.493 e. The molecule has 0 amide bonds. The molecule has 0 heterocycles. The third-order valence-corrected chi connectivity index (χ3v) is 9.22. The Balaban J connectivity index is 1.59. The molecule has 0 atom stereocenters. The molecule has 0 saturated heterocycles. The summed E-state index contributed by atoms with van der Waals surface area (Å²) >= 11 is 0. The van der Waals surface area contributed by atoms with Crippen LogP contribution >= 0.6 is 0 Å². The molecule has 0 aliphatic heterocycles. The van der Waals surface area contributed by atoms with Crippen LogP contribution in [-0.2, 0) is 58.0 Å². The molecule has 4 aromatic carbocycles. The molecule has 0 radical (unpaired) electrons. The number of hydrogen-bond acceptors (Lipinski definition) is 28. The van der Waals surface area contributed by atoms with Gasteiger partial charge in [-0.05, 0) is 48.5 Å². The Morgan fingerprint density at radius 3 is 0.685 bits per heavy atom. The van der Waals surface area contributed by atoms with Crippen LogP contribution in [-0.4, -0.2) is 132 Å². The number of carbonyl (C=O) groups excluding carboxylic acids is 8. The highest BCUT2D eigenvalue weighted by molar-refractivity contribution is 5.95. The number of hydrogen-bond donors (Lipinski definition) is 0. The van der Waals surface area contributed by atoms with Gasteiger partial charge in [0.15, 0.2) is 46.0 Å². The van der Waals surface area contributed by atoms with Crippen molar-refractivity contribution in [3.63, 3.8) is 0 Å². The Morgan fingerprint density at radius 1 is 0.301 bits per heavy atom. The van der Waals surface area contributed by atoms with Crippen LogP contribution in [0.2, 0.25) is 0 Å². The van der Waals surface area contributed by atoms with Crippen molar-refractivity contribution in [1.29, 1.82) is 0 Å². The molecular weight excluding hydrogens is 988 g/mol. The van der Waals surface area contributed by atoms with E-state index in [1.807, 2.05) is 0 Å². The fourth-order valence-electron chi connectivity index (χ4n) is 5.85. The zero-order chi connectivity index (χ0) is 53.5. The van der Waals surface area contributed by atoms with Gasteiger partial charge in [0.25, 0.3) is 0 Å². The van der Waals surface area contributed by atoms with Crippen LogP contribution in [0.5, 0.6) is 46.0 Å². The van der Waals surface area contributed by atoms with E-state index in [0.717, 1.165) is 0 Å². The summed E-state index contributed by atoms with van der Waals surface area (Å²) in [6.07, 6.45) is -7.24. The Kier molecular flexibility index (Phi) is 21.0. The average Bonchev–Trinajstić information content (AvgIpc) is 3.42. The van der Waals surface area contributed by atoms with Crippen molar-refractivity contribution in [1.82, 2.24) is 0 Å². The summed E-state index contributed by atoms with van der Waals surface area (Å²) < 4.78 is 61.6. The maximum atomic E-state index is 12.9. The van der Waals surface area contributed by atoms with Gasteiger partial charge in [0.2, 0.25) is 0 Å². The van der Waals surface area contributed by atoms with E-state index in [1.165, 1.54) is 130 Å². The van der Waals surface area contributed by atoms with Crippen molar-refractivity contribution in [2.45, 2.75) is 0 Å². The van der Waals surface area contributed by atoms with Crippen molar-refractivity contribution in [3.8, 4) is 46.0 Å². The fourth-order valence-corrected chi connectivity index (χ4v) is 5.85. The van der Waals surface area contributed by atoms with E-state index >= 15 is 0 Å². The normalized spacial score (nSPS) is 10.3. The van der Waals surface area contributed by atoms with Crippen LogP contribution in [0.4, 0.5) is 19.2 Å². The first-order valence-corrected chi connectivity index (χ1v) is 20.2. The lowest BCUT2D eigenvalue weighted by Crippen LogP contribution is -2.44. The maximum Gasteiger partial charge on any atom is 0.549 e. The van der Waals surface area contributed by atoms with E-state index in [2.05, 4.69) is 39.1 Å². The molecule has 0 aliphatic rings. The molecule has 392 valence electrons. The highest BCUT2D eigenvalue weighted by Crippen LogP contribution is 2.34. The molecule has 28 nitrogen and oxygen atoms in total. The van der Waals surface area contributed by atoms with Crippen molar-refractivity contribution in [2.75, 3.05) is 83.3 Å². The minimum absolute atomic E-state index is 0.0965.